The number of anilines is 2. The number of methoxy groups -OCH3 is 1. The van der Waals surface area contributed by atoms with Crippen LogP contribution in [0.1, 0.15) is 22.2 Å². The molecule has 0 saturated carbocycles. The van der Waals surface area contributed by atoms with E-state index in [0.29, 0.717) is 29.4 Å². The van der Waals surface area contributed by atoms with E-state index in [1.165, 1.54) is 18.4 Å². The average Bonchev–Trinajstić information content (AvgIpc) is 3.00. The molecule has 0 aromatic carbocycles. The Morgan fingerprint density at radius 3 is 2.90 bits per heavy atom. The van der Waals surface area contributed by atoms with Crippen LogP contribution in [0.5, 0.6) is 5.75 Å². The second-order valence-corrected chi connectivity index (χ2v) is 5.46. The van der Waals surface area contributed by atoms with Crippen molar-refractivity contribution in [3.8, 4) is 5.75 Å². The Morgan fingerprint density at radius 1 is 1.57 bits per heavy atom. The minimum Gasteiger partial charge on any atom is -0.492 e. The number of carbonyl (C=O) groups excluding carboxylic acids is 1. The molecule has 114 valence electrons. The van der Waals surface area contributed by atoms with E-state index in [4.69, 9.17) is 10.5 Å². The van der Waals surface area contributed by atoms with Crippen molar-refractivity contribution in [2.24, 2.45) is 7.05 Å². The SMILES string of the molecule is CCNC(=O)c1sc(NCc2cnn(C)c2)c(OC)c1N. The summed E-state index contributed by atoms with van der Waals surface area (Å²) in [5.41, 5.74) is 7.38. The van der Waals surface area contributed by atoms with Gasteiger partial charge >= 0.3 is 0 Å². The molecule has 0 aliphatic rings. The Bertz CT molecular complexity index is 635. The molecule has 0 unspecified atom stereocenters. The summed E-state index contributed by atoms with van der Waals surface area (Å²) in [7, 11) is 3.40. The number of hydrogen-bond donors (Lipinski definition) is 3. The first-order valence-corrected chi connectivity index (χ1v) is 7.34. The third-order valence-electron chi connectivity index (χ3n) is 2.86. The fourth-order valence-corrected chi connectivity index (χ4v) is 2.90. The number of aryl methyl sites for hydroxylation is 1. The number of thiophene rings is 1. The van der Waals surface area contributed by atoms with E-state index in [-0.39, 0.29) is 5.91 Å². The summed E-state index contributed by atoms with van der Waals surface area (Å²) in [6, 6.07) is 0. The molecule has 2 heterocycles. The normalized spacial score (nSPS) is 10.4. The topological polar surface area (TPSA) is 94.2 Å². The smallest absolute Gasteiger partial charge is 0.263 e. The number of nitrogen functional groups attached to an aromatic ring is 1. The Morgan fingerprint density at radius 2 is 2.33 bits per heavy atom. The van der Waals surface area contributed by atoms with E-state index in [9.17, 15) is 4.79 Å². The van der Waals surface area contributed by atoms with E-state index in [2.05, 4.69) is 15.7 Å². The number of amides is 1. The third-order valence-corrected chi connectivity index (χ3v) is 4.00. The molecule has 0 atom stereocenters. The van der Waals surface area contributed by atoms with Crippen molar-refractivity contribution >= 4 is 27.9 Å². The first-order chi connectivity index (χ1) is 10.1. The van der Waals surface area contributed by atoms with Crippen LogP contribution < -0.4 is 21.1 Å². The van der Waals surface area contributed by atoms with Crippen molar-refractivity contribution < 1.29 is 9.53 Å². The Kier molecular flexibility index (Phi) is 4.69. The van der Waals surface area contributed by atoms with Gasteiger partial charge in [-0.3, -0.25) is 9.48 Å². The number of hydrogen-bond acceptors (Lipinski definition) is 6. The molecule has 8 heteroatoms. The predicted octanol–water partition coefficient (Wildman–Crippen LogP) is 1.43. The molecule has 2 aromatic heterocycles. The van der Waals surface area contributed by atoms with Gasteiger partial charge in [0.25, 0.3) is 5.91 Å². The summed E-state index contributed by atoms with van der Waals surface area (Å²) in [5, 5.41) is 10.8. The van der Waals surface area contributed by atoms with Gasteiger partial charge in [-0.25, -0.2) is 0 Å². The molecule has 1 amide bonds. The number of rotatable bonds is 6. The van der Waals surface area contributed by atoms with Crippen molar-refractivity contribution in [1.82, 2.24) is 15.1 Å². The summed E-state index contributed by atoms with van der Waals surface area (Å²) >= 11 is 1.28. The monoisotopic (exact) mass is 309 g/mol. The molecule has 4 N–H and O–H groups in total. The molecule has 7 nitrogen and oxygen atoms in total. The van der Waals surface area contributed by atoms with Crippen LogP contribution in [0, 0.1) is 0 Å². The van der Waals surface area contributed by atoms with Gasteiger partial charge in [-0.1, -0.05) is 0 Å². The fourth-order valence-electron chi connectivity index (χ4n) is 1.90. The molecule has 0 aliphatic heterocycles. The maximum atomic E-state index is 11.9. The molecule has 0 fully saturated rings. The number of aromatic nitrogens is 2. The van der Waals surface area contributed by atoms with Crippen LogP contribution in [0.2, 0.25) is 0 Å². The van der Waals surface area contributed by atoms with Gasteiger partial charge in [0.2, 0.25) is 0 Å². The maximum absolute atomic E-state index is 11.9. The number of nitrogens with one attached hydrogen (secondary N) is 2. The third kappa shape index (κ3) is 3.27. The maximum Gasteiger partial charge on any atom is 0.263 e. The van der Waals surface area contributed by atoms with Gasteiger partial charge in [-0.05, 0) is 6.92 Å². The van der Waals surface area contributed by atoms with Crippen LogP contribution in [-0.2, 0) is 13.6 Å². The quantitative estimate of drug-likeness (QED) is 0.750. The first kappa shape index (κ1) is 15.2. The van der Waals surface area contributed by atoms with Crippen LogP contribution in [0.25, 0.3) is 0 Å². The second kappa shape index (κ2) is 6.49. The Hall–Kier alpha value is -2.22. The van der Waals surface area contributed by atoms with Gasteiger partial charge in [0, 0.05) is 31.9 Å². The van der Waals surface area contributed by atoms with E-state index >= 15 is 0 Å². The highest BCUT2D eigenvalue weighted by Crippen LogP contribution is 2.42. The highest BCUT2D eigenvalue weighted by molar-refractivity contribution is 7.19. The summed E-state index contributed by atoms with van der Waals surface area (Å²) in [6.45, 7) is 3.00. The molecule has 21 heavy (non-hydrogen) atoms. The van der Waals surface area contributed by atoms with Crippen LogP contribution >= 0.6 is 11.3 Å². The Balaban J connectivity index is 2.18. The van der Waals surface area contributed by atoms with Crippen molar-refractivity contribution in [3.63, 3.8) is 0 Å². The lowest BCUT2D eigenvalue weighted by Gasteiger charge is -2.05. The van der Waals surface area contributed by atoms with Crippen LogP contribution in [-0.4, -0.2) is 29.3 Å². The molecule has 2 aromatic rings. The van der Waals surface area contributed by atoms with Gasteiger partial charge in [-0.15, -0.1) is 11.3 Å². The number of carbonyl (C=O) groups is 1. The van der Waals surface area contributed by atoms with Crippen molar-refractivity contribution in [1.29, 1.82) is 0 Å². The van der Waals surface area contributed by atoms with E-state index in [0.717, 1.165) is 10.6 Å². The number of ether oxygens (including phenoxy) is 1. The first-order valence-electron chi connectivity index (χ1n) is 6.52. The van der Waals surface area contributed by atoms with E-state index in [1.54, 1.807) is 10.9 Å². The van der Waals surface area contributed by atoms with Gasteiger partial charge in [0.05, 0.1) is 13.3 Å². The van der Waals surface area contributed by atoms with Gasteiger partial charge in [0.1, 0.15) is 15.6 Å². The van der Waals surface area contributed by atoms with Crippen molar-refractivity contribution in [2.75, 3.05) is 24.7 Å². The molecule has 0 aliphatic carbocycles. The van der Waals surface area contributed by atoms with Gasteiger partial charge < -0.3 is 21.1 Å². The van der Waals surface area contributed by atoms with Gasteiger partial charge in [0.15, 0.2) is 5.75 Å². The average molecular weight is 309 g/mol. The largest absolute Gasteiger partial charge is 0.492 e. The van der Waals surface area contributed by atoms with Crippen molar-refractivity contribution in [2.45, 2.75) is 13.5 Å². The zero-order valence-corrected chi connectivity index (χ0v) is 13.1. The zero-order valence-electron chi connectivity index (χ0n) is 12.3. The fraction of sp³-hybridized carbons (Fsp3) is 0.385. The number of nitrogens with zero attached hydrogens (tertiary/aromatic N) is 2. The number of nitrogens with two attached hydrogens (primary N) is 1. The second-order valence-electron chi connectivity index (χ2n) is 4.44. The standard InChI is InChI=1S/C13H19N5O2S/c1-4-15-12(19)11-9(14)10(20-3)13(21-11)16-5-8-6-17-18(2)7-8/h6-7,16H,4-5,14H2,1-3H3,(H,15,19). The summed E-state index contributed by atoms with van der Waals surface area (Å²) in [4.78, 5) is 12.4. The van der Waals surface area contributed by atoms with Crippen molar-refractivity contribution in [3.05, 3.63) is 22.8 Å². The lowest BCUT2D eigenvalue weighted by molar-refractivity contribution is 0.0960. The predicted molar refractivity (Wildman–Crippen MR) is 83.8 cm³/mol. The molecule has 0 spiro atoms. The van der Waals surface area contributed by atoms with E-state index < -0.39 is 0 Å². The highest BCUT2D eigenvalue weighted by Gasteiger charge is 2.21. The Labute approximate surface area is 127 Å². The summed E-state index contributed by atoms with van der Waals surface area (Å²) < 4.78 is 7.03. The summed E-state index contributed by atoms with van der Waals surface area (Å²) in [6.07, 6.45) is 3.70. The molecule has 0 saturated heterocycles. The summed E-state index contributed by atoms with van der Waals surface area (Å²) in [5.74, 6) is 0.317. The molecular formula is C13H19N5O2S. The lowest BCUT2D eigenvalue weighted by atomic mass is 10.3. The molecule has 0 radical (unpaired) electrons. The van der Waals surface area contributed by atoms with Crippen LogP contribution in [0.3, 0.4) is 0 Å². The van der Waals surface area contributed by atoms with Gasteiger partial charge in [-0.2, -0.15) is 5.10 Å². The zero-order chi connectivity index (χ0) is 15.4. The highest BCUT2D eigenvalue weighted by atomic mass is 32.1. The lowest BCUT2D eigenvalue weighted by Crippen LogP contribution is -2.22. The van der Waals surface area contributed by atoms with Crippen LogP contribution in [0.15, 0.2) is 12.4 Å². The minimum absolute atomic E-state index is 0.187. The molecule has 2 rings (SSSR count). The molecule has 0 bridgehead atoms. The van der Waals surface area contributed by atoms with Crippen LogP contribution in [0.4, 0.5) is 10.7 Å². The minimum atomic E-state index is -0.187. The molecular weight excluding hydrogens is 290 g/mol. The van der Waals surface area contributed by atoms with E-state index in [1.807, 2.05) is 20.2 Å².